The zero-order valence-electron chi connectivity index (χ0n) is 60.2. The number of hydrogen-bond acceptors (Lipinski definition) is 15. The Hall–Kier alpha value is -1.94. The van der Waals surface area contributed by atoms with E-state index >= 15 is 0 Å². The van der Waals surface area contributed by atoms with Crippen LogP contribution in [0.25, 0.3) is 0 Å². The van der Waals surface area contributed by atoms with Crippen molar-refractivity contribution in [2.75, 3.05) is 39.6 Å². The van der Waals surface area contributed by atoms with Crippen LogP contribution in [0.1, 0.15) is 364 Å². The van der Waals surface area contributed by atoms with Gasteiger partial charge < -0.3 is 33.8 Å². The van der Waals surface area contributed by atoms with Gasteiger partial charge in [0.05, 0.1) is 26.4 Å². The molecule has 0 aliphatic rings. The molecule has 92 heavy (non-hydrogen) atoms. The average Bonchev–Trinajstić information content (AvgIpc) is 3.56. The van der Waals surface area contributed by atoms with Crippen LogP contribution in [0.4, 0.5) is 0 Å². The predicted molar refractivity (Wildman–Crippen MR) is 372 cm³/mol. The van der Waals surface area contributed by atoms with Gasteiger partial charge in [0.2, 0.25) is 0 Å². The van der Waals surface area contributed by atoms with Crippen molar-refractivity contribution in [1.82, 2.24) is 0 Å². The highest BCUT2D eigenvalue weighted by atomic mass is 31.2. The average molecular weight is 1350 g/mol. The quantitative estimate of drug-likeness (QED) is 0.0222. The van der Waals surface area contributed by atoms with E-state index in [2.05, 4.69) is 55.4 Å². The van der Waals surface area contributed by atoms with Crippen molar-refractivity contribution in [2.45, 2.75) is 382 Å². The van der Waals surface area contributed by atoms with Crippen LogP contribution in [0, 0.1) is 23.7 Å². The molecule has 0 aromatic heterocycles. The summed E-state index contributed by atoms with van der Waals surface area (Å²) < 4.78 is 68.4. The molecule has 0 aliphatic heterocycles. The van der Waals surface area contributed by atoms with Crippen LogP contribution in [-0.4, -0.2) is 96.7 Å². The van der Waals surface area contributed by atoms with E-state index in [4.69, 9.17) is 37.0 Å². The summed E-state index contributed by atoms with van der Waals surface area (Å²) in [5, 5.41) is 10.6. The van der Waals surface area contributed by atoms with E-state index in [0.717, 1.165) is 120 Å². The number of carbonyl (C=O) groups excluding carboxylic acids is 4. The van der Waals surface area contributed by atoms with Crippen molar-refractivity contribution < 1.29 is 80.2 Å². The summed E-state index contributed by atoms with van der Waals surface area (Å²) >= 11 is 0. The molecule has 0 spiro atoms. The van der Waals surface area contributed by atoms with E-state index in [0.29, 0.717) is 25.7 Å². The highest BCUT2D eigenvalue weighted by Crippen LogP contribution is 2.45. The van der Waals surface area contributed by atoms with Gasteiger partial charge in [0, 0.05) is 25.7 Å². The fourth-order valence-electron chi connectivity index (χ4n) is 11.0. The molecule has 0 aromatic carbocycles. The standard InChI is InChI=1S/C73H142O17P2/c1-9-65(7)51-43-35-27-21-16-18-24-30-40-48-56-73(78)89-68(59-83-70(75)53-45-37-28-22-17-15-20-26-34-42-50-64(5)6)61-87-91(79,80)85-57-67(74)58-86-92(81,82)88-62-69(60-84-71(76)54-46-38-32-31-36-44-52-66(8)10-2)90-72(77)55-47-39-29-23-14-12-11-13-19-25-33-41-49-63(3)4/h63-69,74H,9-62H2,1-8H3,(H,79,80)(H,81,82)/t65?,66?,67-,68-,69-/m1/s1. The van der Waals surface area contributed by atoms with Crippen molar-refractivity contribution >= 4 is 39.5 Å². The summed E-state index contributed by atoms with van der Waals surface area (Å²) in [6, 6.07) is 0. The first-order valence-corrected chi connectivity index (χ1v) is 40.8. The smallest absolute Gasteiger partial charge is 0.462 e. The van der Waals surface area contributed by atoms with Crippen molar-refractivity contribution in [3.05, 3.63) is 0 Å². The Morgan fingerprint density at radius 1 is 0.304 bits per heavy atom. The molecule has 0 aromatic rings. The van der Waals surface area contributed by atoms with E-state index in [-0.39, 0.29) is 25.7 Å². The molecule has 546 valence electrons. The summed E-state index contributed by atoms with van der Waals surface area (Å²) in [6.45, 7) is 14.2. The van der Waals surface area contributed by atoms with Crippen LogP contribution in [0.5, 0.6) is 0 Å². The number of aliphatic hydroxyl groups excluding tert-OH is 1. The van der Waals surface area contributed by atoms with Gasteiger partial charge in [-0.15, -0.1) is 0 Å². The van der Waals surface area contributed by atoms with Gasteiger partial charge in [-0.05, 0) is 49.4 Å². The normalized spacial score (nSPS) is 14.8. The molecular weight excluding hydrogens is 1210 g/mol. The van der Waals surface area contributed by atoms with E-state index in [1.54, 1.807) is 0 Å². The molecule has 0 aliphatic carbocycles. The summed E-state index contributed by atoms with van der Waals surface area (Å²) in [7, 11) is -9.91. The maximum Gasteiger partial charge on any atom is 0.472 e. The van der Waals surface area contributed by atoms with Gasteiger partial charge in [-0.2, -0.15) is 0 Å². The maximum atomic E-state index is 13.0. The monoisotopic (exact) mass is 1350 g/mol. The van der Waals surface area contributed by atoms with Gasteiger partial charge in [-0.25, -0.2) is 9.13 Å². The molecular formula is C73H142O17P2. The number of carbonyl (C=O) groups is 4. The molecule has 7 atom stereocenters. The highest BCUT2D eigenvalue weighted by molar-refractivity contribution is 7.47. The maximum absolute atomic E-state index is 13.0. The van der Waals surface area contributed by atoms with E-state index < -0.39 is 97.5 Å². The van der Waals surface area contributed by atoms with E-state index in [9.17, 15) is 43.2 Å². The molecule has 17 nitrogen and oxygen atoms in total. The molecule has 0 heterocycles. The van der Waals surface area contributed by atoms with Crippen molar-refractivity contribution in [3.8, 4) is 0 Å². The molecule has 0 rings (SSSR count). The largest absolute Gasteiger partial charge is 0.472 e. The first kappa shape index (κ1) is 90.1. The summed E-state index contributed by atoms with van der Waals surface area (Å²) in [6.07, 6.45) is 45.7. The number of phosphoric ester groups is 2. The van der Waals surface area contributed by atoms with Crippen molar-refractivity contribution in [2.24, 2.45) is 23.7 Å². The minimum Gasteiger partial charge on any atom is -0.462 e. The first-order chi connectivity index (χ1) is 44.2. The summed E-state index contributed by atoms with van der Waals surface area (Å²) in [5.74, 6) is 0.944. The number of hydrogen-bond donors (Lipinski definition) is 3. The number of esters is 4. The van der Waals surface area contributed by atoms with Crippen LogP contribution < -0.4 is 0 Å². The Labute approximate surface area is 562 Å². The zero-order chi connectivity index (χ0) is 68.2. The molecule has 0 bridgehead atoms. The van der Waals surface area contributed by atoms with E-state index in [1.807, 2.05) is 0 Å². The van der Waals surface area contributed by atoms with Gasteiger partial charge >= 0.3 is 39.5 Å². The molecule has 0 fully saturated rings. The second-order valence-corrected chi connectivity index (χ2v) is 30.7. The topological polar surface area (TPSA) is 237 Å². The summed E-state index contributed by atoms with van der Waals surface area (Å²) in [5.41, 5.74) is 0. The molecule has 4 unspecified atom stereocenters. The van der Waals surface area contributed by atoms with Crippen molar-refractivity contribution in [3.63, 3.8) is 0 Å². The second kappa shape index (κ2) is 62.6. The number of phosphoric acid groups is 2. The van der Waals surface area contributed by atoms with Crippen LogP contribution in [0.3, 0.4) is 0 Å². The fourth-order valence-corrected chi connectivity index (χ4v) is 12.5. The highest BCUT2D eigenvalue weighted by Gasteiger charge is 2.30. The molecule has 0 radical (unpaired) electrons. The van der Waals surface area contributed by atoms with Gasteiger partial charge in [-0.3, -0.25) is 37.3 Å². The third-order valence-electron chi connectivity index (χ3n) is 17.5. The minimum atomic E-state index is -4.96. The van der Waals surface area contributed by atoms with Gasteiger partial charge in [0.15, 0.2) is 12.2 Å². The van der Waals surface area contributed by atoms with Crippen LogP contribution >= 0.6 is 15.6 Å². The molecule has 0 amide bonds. The first-order valence-electron chi connectivity index (χ1n) is 37.8. The summed E-state index contributed by atoms with van der Waals surface area (Å²) in [4.78, 5) is 72.7. The number of unbranched alkanes of at least 4 members (excludes halogenated alkanes) is 34. The van der Waals surface area contributed by atoms with Gasteiger partial charge in [0.1, 0.15) is 19.3 Å². The Kier molecular flexibility index (Phi) is 61.3. The van der Waals surface area contributed by atoms with Crippen LogP contribution in [-0.2, 0) is 65.4 Å². The van der Waals surface area contributed by atoms with E-state index in [1.165, 1.54) is 161 Å². The molecule has 0 saturated heterocycles. The predicted octanol–water partition coefficient (Wildman–Crippen LogP) is 20.9. The lowest BCUT2D eigenvalue weighted by Crippen LogP contribution is -2.30. The SMILES string of the molecule is CCC(C)CCCCCCCCCCCCC(=O)O[C@H](COC(=O)CCCCCCCCCCCCC(C)C)COP(=O)(O)OC[C@@H](O)COP(=O)(O)OC[C@@H](COC(=O)CCCCCCCCC(C)CC)OC(=O)CCCCCCCCCCCCCCC(C)C. The Bertz CT molecular complexity index is 1820. The van der Waals surface area contributed by atoms with Gasteiger partial charge in [0.25, 0.3) is 0 Å². The Morgan fingerprint density at radius 2 is 0.522 bits per heavy atom. The Morgan fingerprint density at radius 3 is 0.772 bits per heavy atom. The zero-order valence-corrected chi connectivity index (χ0v) is 62.0. The Balaban J connectivity index is 5.27. The number of ether oxygens (including phenoxy) is 4. The third-order valence-corrected chi connectivity index (χ3v) is 19.4. The lowest BCUT2D eigenvalue weighted by atomic mass is 9.99. The lowest BCUT2D eigenvalue weighted by molar-refractivity contribution is -0.161. The number of aliphatic hydroxyl groups is 1. The van der Waals surface area contributed by atoms with Crippen LogP contribution in [0.15, 0.2) is 0 Å². The fraction of sp³-hybridized carbons (Fsp3) is 0.945. The molecule has 0 saturated carbocycles. The minimum absolute atomic E-state index is 0.105. The molecule has 3 N–H and O–H groups in total. The van der Waals surface area contributed by atoms with Crippen LogP contribution in [0.2, 0.25) is 0 Å². The number of rotatable bonds is 70. The van der Waals surface area contributed by atoms with Gasteiger partial charge in [-0.1, -0.05) is 312 Å². The lowest BCUT2D eigenvalue weighted by Gasteiger charge is -2.21. The second-order valence-electron chi connectivity index (χ2n) is 27.8. The van der Waals surface area contributed by atoms with Crippen molar-refractivity contribution in [1.29, 1.82) is 0 Å². The third kappa shape index (κ3) is 64.1. The molecule has 19 heteroatoms.